The maximum absolute atomic E-state index is 10.6. The van der Waals surface area contributed by atoms with Crippen LogP contribution in [0.15, 0.2) is 30.3 Å². The number of hydrogen-bond donors (Lipinski definition) is 1. The Morgan fingerprint density at radius 2 is 2.00 bits per heavy atom. The Balaban J connectivity index is 2.58. The Hall–Kier alpha value is -0.860. The Labute approximate surface area is 76.3 Å². The fourth-order valence-electron chi connectivity index (χ4n) is 0.948. The van der Waals surface area contributed by atoms with Crippen LogP contribution < -0.4 is 5.73 Å². The molecule has 1 aromatic rings. The summed E-state index contributed by atoms with van der Waals surface area (Å²) < 4.78 is 0. The van der Waals surface area contributed by atoms with Crippen molar-refractivity contribution in [2.75, 3.05) is 0 Å². The van der Waals surface area contributed by atoms with Crippen LogP contribution >= 0.6 is 11.6 Å². The third-order valence-corrected chi connectivity index (χ3v) is 1.87. The van der Waals surface area contributed by atoms with Crippen molar-refractivity contribution in [1.82, 2.24) is 0 Å². The van der Waals surface area contributed by atoms with Crippen molar-refractivity contribution < 1.29 is 4.79 Å². The smallest absolute Gasteiger partial charge is 0.238 e. The van der Waals surface area contributed by atoms with E-state index in [1.807, 2.05) is 30.3 Å². The number of rotatable bonds is 3. The first-order valence-electron chi connectivity index (χ1n) is 3.69. The average molecular weight is 184 g/mol. The van der Waals surface area contributed by atoms with Crippen LogP contribution in [0.2, 0.25) is 0 Å². The van der Waals surface area contributed by atoms with Gasteiger partial charge in [0.2, 0.25) is 5.24 Å². The van der Waals surface area contributed by atoms with Crippen LogP contribution in [0.5, 0.6) is 0 Å². The van der Waals surface area contributed by atoms with Gasteiger partial charge < -0.3 is 5.73 Å². The van der Waals surface area contributed by atoms with E-state index < -0.39 is 11.3 Å². The predicted octanol–water partition coefficient (Wildman–Crippen LogP) is 1.32. The molecule has 0 aliphatic rings. The lowest BCUT2D eigenvalue weighted by atomic mass is 10.1. The normalized spacial score (nSPS) is 12.5. The fourth-order valence-corrected chi connectivity index (χ4v) is 1.03. The quantitative estimate of drug-likeness (QED) is 0.719. The molecule has 0 spiro atoms. The summed E-state index contributed by atoms with van der Waals surface area (Å²) in [5.74, 6) is 0. The van der Waals surface area contributed by atoms with Crippen molar-refractivity contribution in [3.05, 3.63) is 35.9 Å². The standard InChI is InChI=1S/C9H10ClNO/c10-9(12)8(11)6-7-4-2-1-3-5-7/h1-5,8H,6,11H2/t8-/m0/s1. The minimum Gasteiger partial charge on any atom is -0.320 e. The van der Waals surface area contributed by atoms with Crippen molar-refractivity contribution in [2.24, 2.45) is 5.73 Å². The molecule has 0 radical (unpaired) electrons. The molecule has 0 aliphatic heterocycles. The van der Waals surface area contributed by atoms with Crippen LogP contribution in [0.25, 0.3) is 0 Å². The summed E-state index contributed by atoms with van der Waals surface area (Å²) in [4.78, 5) is 10.6. The molecule has 0 aliphatic carbocycles. The number of carbonyl (C=O) groups is 1. The lowest BCUT2D eigenvalue weighted by Crippen LogP contribution is -2.29. The molecule has 0 saturated heterocycles. The second-order valence-corrected chi connectivity index (χ2v) is 2.97. The molecule has 0 fully saturated rings. The summed E-state index contributed by atoms with van der Waals surface area (Å²) in [5.41, 5.74) is 6.49. The van der Waals surface area contributed by atoms with Gasteiger partial charge in [-0.05, 0) is 23.6 Å². The van der Waals surface area contributed by atoms with E-state index in [9.17, 15) is 4.79 Å². The molecule has 0 saturated carbocycles. The molecule has 0 amide bonds. The summed E-state index contributed by atoms with van der Waals surface area (Å²) >= 11 is 5.21. The van der Waals surface area contributed by atoms with Gasteiger partial charge in [-0.3, -0.25) is 4.79 Å². The Kier molecular flexibility index (Phi) is 3.26. The molecular formula is C9H10ClNO. The summed E-state index contributed by atoms with van der Waals surface area (Å²) in [6.45, 7) is 0. The number of nitrogens with two attached hydrogens (primary N) is 1. The molecule has 1 rings (SSSR count). The van der Waals surface area contributed by atoms with Crippen molar-refractivity contribution in [3.63, 3.8) is 0 Å². The highest BCUT2D eigenvalue weighted by Crippen LogP contribution is 2.03. The van der Waals surface area contributed by atoms with E-state index in [1.54, 1.807) is 0 Å². The summed E-state index contributed by atoms with van der Waals surface area (Å²) in [6.07, 6.45) is 0.503. The van der Waals surface area contributed by atoms with Gasteiger partial charge in [0.15, 0.2) is 0 Å². The van der Waals surface area contributed by atoms with Crippen LogP contribution in [0.3, 0.4) is 0 Å². The van der Waals surface area contributed by atoms with Gasteiger partial charge in [0.25, 0.3) is 0 Å². The number of halogens is 1. The van der Waals surface area contributed by atoms with Crippen LogP contribution in [0.4, 0.5) is 0 Å². The minimum atomic E-state index is -0.589. The molecule has 1 aromatic carbocycles. The first-order chi connectivity index (χ1) is 5.70. The Bertz CT molecular complexity index is 260. The maximum Gasteiger partial charge on any atom is 0.238 e. The lowest BCUT2D eigenvalue weighted by molar-refractivity contribution is -0.112. The van der Waals surface area contributed by atoms with Gasteiger partial charge in [0.1, 0.15) is 0 Å². The van der Waals surface area contributed by atoms with Gasteiger partial charge in [-0.25, -0.2) is 0 Å². The molecule has 12 heavy (non-hydrogen) atoms. The molecule has 0 heterocycles. The molecule has 2 N–H and O–H groups in total. The Morgan fingerprint density at radius 1 is 1.42 bits per heavy atom. The van der Waals surface area contributed by atoms with E-state index >= 15 is 0 Å². The van der Waals surface area contributed by atoms with E-state index in [0.717, 1.165) is 5.56 Å². The zero-order valence-electron chi connectivity index (χ0n) is 6.53. The van der Waals surface area contributed by atoms with Gasteiger partial charge in [0.05, 0.1) is 6.04 Å². The van der Waals surface area contributed by atoms with Crippen LogP contribution in [0, 0.1) is 0 Å². The largest absolute Gasteiger partial charge is 0.320 e. The molecule has 3 heteroatoms. The molecule has 1 atom stereocenters. The first-order valence-corrected chi connectivity index (χ1v) is 4.07. The molecule has 0 bridgehead atoms. The average Bonchev–Trinajstić information content (AvgIpc) is 2.06. The minimum absolute atomic E-state index is 0.487. The van der Waals surface area contributed by atoms with E-state index in [0.29, 0.717) is 6.42 Å². The molecule has 0 aromatic heterocycles. The van der Waals surface area contributed by atoms with E-state index in [2.05, 4.69) is 0 Å². The zero-order chi connectivity index (χ0) is 8.97. The summed E-state index contributed by atoms with van der Waals surface area (Å²) in [7, 11) is 0. The van der Waals surface area contributed by atoms with Crippen LogP contribution in [-0.2, 0) is 11.2 Å². The highest BCUT2D eigenvalue weighted by Gasteiger charge is 2.09. The van der Waals surface area contributed by atoms with Gasteiger partial charge in [0, 0.05) is 0 Å². The van der Waals surface area contributed by atoms with Gasteiger partial charge in [-0.1, -0.05) is 30.3 Å². The molecule has 2 nitrogen and oxygen atoms in total. The number of carbonyl (C=O) groups excluding carboxylic acids is 1. The number of benzene rings is 1. The summed E-state index contributed by atoms with van der Waals surface area (Å²) in [5, 5.41) is -0.487. The monoisotopic (exact) mass is 183 g/mol. The molecule has 0 unspecified atom stereocenters. The summed E-state index contributed by atoms with van der Waals surface area (Å²) in [6, 6.07) is 8.97. The van der Waals surface area contributed by atoms with Crippen LogP contribution in [0.1, 0.15) is 5.56 Å². The third kappa shape index (κ3) is 2.64. The van der Waals surface area contributed by atoms with E-state index in [1.165, 1.54) is 0 Å². The molecular weight excluding hydrogens is 174 g/mol. The van der Waals surface area contributed by atoms with Crippen molar-refractivity contribution in [1.29, 1.82) is 0 Å². The molecule has 64 valence electrons. The first kappa shape index (κ1) is 9.23. The Morgan fingerprint density at radius 3 is 2.50 bits per heavy atom. The lowest BCUT2D eigenvalue weighted by Gasteiger charge is -2.04. The van der Waals surface area contributed by atoms with Gasteiger partial charge >= 0.3 is 0 Å². The van der Waals surface area contributed by atoms with Gasteiger partial charge in [-0.15, -0.1) is 0 Å². The van der Waals surface area contributed by atoms with E-state index in [-0.39, 0.29) is 0 Å². The maximum atomic E-state index is 10.6. The highest BCUT2D eigenvalue weighted by atomic mass is 35.5. The zero-order valence-corrected chi connectivity index (χ0v) is 7.29. The van der Waals surface area contributed by atoms with Crippen LogP contribution in [-0.4, -0.2) is 11.3 Å². The second kappa shape index (κ2) is 4.24. The second-order valence-electron chi connectivity index (χ2n) is 2.60. The van der Waals surface area contributed by atoms with Crippen molar-refractivity contribution >= 4 is 16.8 Å². The predicted molar refractivity (Wildman–Crippen MR) is 49.0 cm³/mol. The SMILES string of the molecule is N[C@@H](Cc1ccccc1)C(=O)Cl. The third-order valence-electron chi connectivity index (χ3n) is 1.59. The highest BCUT2D eigenvalue weighted by molar-refractivity contribution is 6.64. The van der Waals surface area contributed by atoms with Gasteiger partial charge in [-0.2, -0.15) is 0 Å². The topological polar surface area (TPSA) is 43.1 Å². The fraction of sp³-hybridized carbons (Fsp3) is 0.222. The number of hydrogen-bond acceptors (Lipinski definition) is 2. The van der Waals surface area contributed by atoms with E-state index in [4.69, 9.17) is 17.3 Å². The van der Waals surface area contributed by atoms with Crippen molar-refractivity contribution in [3.8, 4) is 0 Å². The van der Waals surface area contributed by atoms with Crippen molar-refractivity contribution in [2.45, 2.75) is 12.5 Å².